The van der Waals surface area contributed by atoms with Gasteiger partial charge < -0.3 is 15.3 Å². The Balaban J connectivity index is 2.05. The number of nitrogens with one attached hydrogen (secondary N) is 1. The summed E-state index contributed by atoms with van der Waals surface area (Å²) in [5.41, 5.74) is 2.59. The van der Waals surface area contributed by atoms with Crippen LogP contribution in [0.5, 0.6) is 5.75 Å². The predicted molar refractivity (Wildman–Crippen MR) is 90.0 cm³/mol. The zero-order valence-electron chi connectivity index (χ0n) is 13.9. The van der Waals surface area contributed by atoms with Gasteiger partial charge in [0.2, 0.25) is 0 Å². The Hall–Kier alpha value is -1.22. The molecule has 1 atom stereocenters. The van der Waals surface area contributed by atoms with E-state index in [9.17, 15) is 5.11 Å². The standard InChI is InChI=1S/C18H30N2O/c1-5-10-19-14(2)16-7-6-15(13-17(16)21)20-11-8-18(3,4)9-12-20/h6-7,13-14,19,21H,5,8-12H2,1-4H3. The maximum Gasteiger partial charge on any atom is 0.122 e. The molecule has 3 nitrogen and oxygen atoms in total. The van der Waals surface area contributed by atoms with Crippen molar-refractivity contribution in [2.45, 2.75) is 53.0 Å². The molecule has 0 saturated carbocycles. The SMILES string of the molecule is CCCNC(C)c1ccc(N2CCC(C)(C)CC2)cc1O. The molecule has 1 fully saturated rings. The Kier molecular flexibility index (Phi) is 5.15. The number of aromatic hydroxyl groups is 1. The largest absolute Gasteiger partial charge is 0.508 e. The second-order valence-corrected chi connectivity index (χ2v) is 7.07. The lowest BCUT2D eigenvalue weighted by Gasteiger charge is -2.38. The van der Waals surface area contributed by atoms with Gasteiger partial charge in [-0.05, 0) is 44.2 Å². The van der Waals surface area contributed by atoms with Crippen LogP contribution in [0, 0.1) is 5.41 Å². The zero-order chi connectivity index (χ0) is 15.5. The number of anilines is 1. The normalized spacial score (nSPS) is 19.5. The molecular weight excluding hydrogens is 260 g/mol. The van der Waals surface area contributed by atoms with Crippen molar-refractivity contribution in [1.29, 1.82) is 0 Å². The van der Waals surface area contributed by atoms with Crippen molar-refractivity contribution in [3.05, 3.63) is 23.8 Å². The first kappa shape index (κ1) is 16.2. The number of hydrogen-bond acceptors (Lipinski definition) is 3. The number of phenols is 1. The average molecular weight is 290 g/mol. The van der Waals surface area contributed by atoms with Gasteiger partial charge in [-0.1, -0.05) is 26.8 Å². The monoisotopic (exact) mass is 290 g/mol. The van der Waals surface area contributed by atoms with E-state index < -0.39 is 0 Å². The minimum absolute atomic E-state index is 0.194. The molecule has 1 aliphatic heterocycles. The fourth-order valence-electron chi connectivity index (χ4n) is 2.94. The first-order valence-corrected chi connectivity index (χ1v) is 8.24. The van der Waals surface area contributed by atoms with Crippen LogP contribution in [-0.4, -0.2) is 24.7 Å². The summed E-state index contributed by atoms with van der Waals surface area (Å²) in [6, 6.07) is 6.34. The van der Waals surface area contributed by atoms with Crippen molar-refractivity contribution in [1.82, 2.24) is 5.32 Å². The molecule has 118 valence electrons. The quantitative estimate of drug-likeness (QED) is 0.857. The lowest BCUT2D eigenvalue weighted by molar-refractivity contribution is 0.280. The molecule has 0 aliphatic carbocycles. The van der Waals surface area contributed by atoms with Crippen molar-refractivity contribution in [2.75, 3.05) is 24.5 Å². The Morgan fingerprint density at radius 1 is 1.29 bits per heavy atom. The Bertz CT molecular complexity index is 460. The Labute approximate surface area is 129 Å². The number of rotatable bonds is 5. The van der Waals surface area contributed by atoms with E-state index >= 15 is 0 Å². The molecule has 21 heavy (non-hydrogen) atoms. The lowest BCUT2D eigenvalue weighted by Crippen LogP contribution is -2.37. The maximum atomic E-state index is 10.3. The molecule has 0 amide bonds. The molecule has 0 bridgehead atoms. The molecule has 1 aromatic rings. The van der Waals surface area contributed by atoms with Crippen LogP contribution in [0.2, 0.25) is 0 Å². The summed E-state index contributed by atoms with van der Waals surface area (Å²) in [7, 11) is 0. The minimum atomic E-state index is 0.194. The second-order valence-electron chi connectivity index (χ2n) is 7.07. The van der Waals surface area contributed by atoms with E-state index in [-0.39, 0.29) is 6.04 Å². The van der Waals surface area contributed by atoms with Gasteiger partial charge in [0.25, 0.3) is 0 Å². The van der Waals surface area contributed by atoms with E-state index in [4.69, 9.17) is 0 Å². The molecule has 1 saturated heterocycles. The van der Waals surface area contributed by atoms with Gasteiger partial charge in [0, 0.05) is 36.4 Å². The molecule has 2 N–H and O–H groups in total. The molecule has 1 unspecified atom stereocenters. The summed E-state index contributed by atoms with van der Waals surface area (Å²) in [6.07, 6.45) is 3.53. The fraction of sp³-hybridized carbons (Fsp3) is 0.667. The molecule has 0 aromatic heterocycles. The summed E-state index contributed by atoms with van der Waals surface area (Å²) in [4.78, 5) is 2.39. The topological polar surface area (TPSA) is 35.5 Å². The highest BCUT2D eigenvalue weighted by molar-refractivity contribution is 5.54. The predicted octanol–water partition coefficient (Wildman–Crippen LogP) is 4.08. The highest BCUT2D eigenvalue weighted by Gasteiger charge is 2.25. The molecule has 1 aliphatic rings. The number of phenolic OH excluding ortho intramolecular Hbond substituents is 1. The molecule has 0 radical (unpaired) electrons. The summed E-state index contributed by atoms with van der Waals surface area (Å²) in [6.45, 7) is 12.1. The Morgan fingerprint density at radius 2 is 1.95 bits per heavy atom. The van der Waals surface area contributed by atoms with Crippen LogP contribution in [0.1, 0.15) is 58.6 Å². The first-order valence-electron chi connectivity index (χ1n) is 8.24. The van der Waals surface area contributed by atoms with Gasteiger partial charge in [-0.25, -0.2) is 0 Å². The van der Waals surface area contributed by atoms with Crippen LogP contribution in [0.4, 0.5) is 5.69 Å². The maximum absolute atomic E-state index is 10.3. The molecular formula is C18H30N2O. The van der Waals surface area contributed by atoms with E-state index in [1.54, 1.807) is 0 Å². The minimum Gasteiger partial charge on any atom is -0.508 e. The zero-order valence-corrected chi connectivity index (χ0v) is 13.9. The number of piperidine rings is 1. The van der Waals surface area contributed by atoms with Crippen molar-refractivity contribution in [2.24, 2.45) is 5.41 Å². The highest BCUT2D eigenvalue weighted by atomic mass is 16.3. The molecule has 1 aromatic carbocycles. The summed E-state index contributed by atoms with van der Waals surface area (Å²) < 4.78 is 0. The van der Waals surface area contributed by atoms with Gasteiger partial charge in [0.05, 0.1) is 0 Å². The van der Waals surface area contributed by atoms with Crippen molar-refractivity contribution in [3.8, 4) is 5.75 Å². The molecule has 3 heteroatoms. The lowest BCUT2D eigenvalue weighted by atomic mass is 9.82. The first-order chi connectivity index (χ1) is 9.93. The van der Waals surface area contributed by atoms with Crippen LogP contribution in [0.15, 0.2) is 18.2 Å². The second kappa shape index (κ2) is 6.69. The van der Waals surface area contributed by atoms with Crippen LogP contribution in [0.25, 0.3) is 0 Å². The average Bonchev–Trinajstić information content (AvgIpc) is 2.44. The van der Waals surface area contributed by atoms with Crippen LogP contribution < -0.4 is 10.2 Å². The summed E-state index contributed by atoms with van der Waals surface area (Å²) in [5.74, 6) is 0.411. The van der Waals surface area contributed by atoms with E-state index in [1.807, 2.05) is 6.07 Å². The van der Waals surface area contributed by atoms with Gasteiger partial charge in [-0.2, -0.15) is 0 Å². The summed E-state index contributed by atoms with van der Waals surface area (Å²) in [5, 5.41) is 13.8. The third-order valence-electron chi connectivity index (χ3n) is 4.66. The van der Waals surface area contributed by atoms with Gasteiger partial charge in [-0.15, -0.1) is 0 Å². The molecule has 2 rings (SSSR count). The van der Waals surface area contributed by atoms with Gasteiger partial charge >= 0.3 is 0 Å². The van der Waals surface area contributed by atoms with Crippen LogP contribution in [0.3, 0.4) is 0 Å². The number of nitrogens with zero attached hydrogens (tertiary/aromatic N) is 1. The van der Waals surface area contributed by atoms with Crippen LogP contribution in [-0.2, 0) is 0 Å². The van der Waals surface area contributed by atoms with E-state index in [2.05, 4.69) is 50.0 Å². The summed E-state index contributed by atoms with van der Waals surface area (Å²) >= 11 is 0. The molecule has 1 heterocycles. The van der Waals surface area contributed by atoms with Gasteiger partial charge in [-0.3, -0.25) is 0 Å². The van der Waals surface area contributed by atoms with Gasteiger partial charge in [0.15, 0.2) is 0 Å². The highest BCUT2D eigenvalue weighted by Crippen LogP contribution is 2.34. The number of hydrogen-bond donors (Lipinski definition) is 2. The van der Waals surface area contributed by atoms with E-state index in [0.29, 0.717) is 11.2 Å². The van der Waals surface area contributed by atoms with Crippen molar-refractivity contribution < 1.29 is 5.11 Å². The fourth-order valence-corrected chi connectivity index (χ4v) is 2.94. The number of benzene rings is 1. The van der Waals surface area contributed by atoms with Crippen LogP contribution >= 0.6 is 0 Å². The molecule has 0 spiro atoms. The van der Waals surface area contributed by atoms with Crippen molar-refractivity contribution >= 4 is 5.69 Å². The van der Waals surface area contributed by atoms with Crippen molar-refractivity contribution in [3.63, 3.8) is 0 Å². The third kappa shape index (κ3) is 4.13. The third-order valence-corrected chi connectivity index (χ3v) is 4.66. The smallest absolute Gasteiger partial charge is 0.122 e. The van der Waals surface area contributed by atoms with Gasteiger partial charge in [0.1, 0.15) is 5.75 Å². The van der Waals surface area contributed by atoms with E-state index in [1.165, 1.54) is 12.8 Å². The van der Waals surface area contributed by atoms with E-state index in [0.717, 1.165) is 37.3 Å². The Morgan fingerprint density at radius 3 is 2.52 bits per heavy atom.